The highest BCUT2D eigenvalue weighted by atomic mass is 35.5. The van der Waals surface area contributed by atoms with Crippen molar-refractivity contribution in [3.8, 4) is 0 Å². The number of hydrogen-bond donors (Lipinski definition) is 1. The van der Waals surface area contributed by atoms with Gasteiger partial charge in [0.2, 0.25) is 0 Å². The van der Waals surface area contributed by atoms with Gasteiger partial charge in [-0.2, -0.15) is 0 Å². The van der Waals surface area contributed by atoms with Gasteiger partial charge in [-0.25, -0.2) is 8.78 Å². The first-order chi connectivity index (χ1) is 7.99. The summed E-state index contributed by atoms with van der Waals surface area (Å²) in [6, 6.07) is 0.953. The molecule has 0 aliphatic carbocycles. The van der Waals surface area contributed by atoms with Gasteiger partial charge in [0.25, 0.3) is 6.43 Å². The largest absolute Gasteiger partial charge is 0.469 e. The topological polar surface area (TPSA) is 59.2 Å². The Morgan fingerprint density at radius 2 is 2.24 bits per heavy atom. The molecule has 1 aromatic heterocycles. The number of carbonyl (C=O) groups is 1. The Kier molecular flexibility index (Phi) is 4.62. The molecule has 0 bridgehead atoms. The van der Waals surface area contributed by atoms with Crippen molar-refractivity contribution in [3.63, 3.8) is 0 Å². The normalized spacial score (nSPS) is 10.6. The van der Waals surface area contributed by atoms with Crippen LogP contribution in [0.5, 0.6) is 0 Å². The molecule has 0 atom stereocenters. The number of methoxy groups -OCH3 is 1. The van der Waals surface area contributed by atoms with Crippen LogP contribution in [0.3, 0.4) is 0 Å². The maximum absolute atomic E-state index is 12.6. The maximum atomic E-state index is 12.6. The molecule has 1 heterocycles. The molecule has 0 saturated carbocycles. The molecule has 0 aliphatic rings. The second kappa shape index (κ2) is 5.77. The van der Waals surface area contributed by atoms with E-state index in [4.69, 9.17) is 11.6 Å². The number of alkyl halides is 3. The van der Waals surface area contributed by atoms with Crippen molar-refractivity contribution in [2.75, 3.05) is 7.11 Å². The van der Waals surface area contributed by atoms with E-state index in [9.17, 15) is 18.4 Å². The van der Waals surface area contributed by atoms with Crippen molar-refractivity contribution in [2.45, 2.75) is 18.7 Å². The molecule has 0 aromatic carbocycles. The standard InChI is InChI=1S/C10H10ClF2NO3/c1-17-8(16)3-5-2-7(15)9(10(12)13)6(4-11)14-5/h2,10H,3-4H2,1H3,(H,14,15). The number of pyridine rings is 1. The van der Waals surface area contributed by atoms with Crippen LogP contribution in [0.4, 0.5) is 8.78 Å². The highest BCUT2D eigenvalue weighted by Crippen LogP contribution is 2.19. The monoisotopic (exact) mass is 265 g/mol. The lowest BCUT2D eigenvalue weighted by molar-refractivity contribution is -0.139. The fourth-order valence-electron chi connectivity index (χ4n) is 1.35. The van der Waals surface area contributed by atoms with Gasteiger partial charge in [0, 0.05) is 17.5 Å². The quantitative estimate of drug-likeness (QED) is 0.667. The van der Waals surface area contributed by atoms with E-state index in [2.05, 4.69) is 9.72 Å². The maximum Gasteiger partial charge on any atom is 0.311 e. The van der Waals surface area contributed by atoms with Crippen LogP contribution in [0.1, 0.15) is 23.4 Å². The first kappa shape index (κ1) is 13.6. The lowest BCUT2D eigenvalue weighted by Crippen LogP contribution is -2.17. The van der Waals surface area contributed by atoms with E-state index in [1.807, 2.05) is 0 Å². The molecule has 94 valence electrons. The molecule has 0 radical (unpaired) electrons. The number of H-pyrrole nitrogens is 1. The van der Waals surface area contributed by atoms with Gasteiger partial charge in [0.1, 0.15) is 0 Å². The summed E-state index contributed by atoms with van der Waals surface area (Å²) in [5.41, 5.74) is -1.38. The number of carbonyl (C=O) groups excluding carboxylic acids is 1. The molecular formula is C10H10ClF2NO3. The van der Waals surface area contributed by atoms with E-state index in [0.717, 1.165) is 6.07 Å². The van der Waals surface area contributed by atoms with Gasteiger partial charge in [-0.05, 0) is 0 Å². The highest BCUT2D eigenvalue weighted by molar-refractivity contribution is 6.17. The highest BCUT2D eigenvalue weighted by Gasteiger charge is 2.18. The van der Waals surface area contributed by atoms with Crippen LogP contribution in [0.25, 0.3) is 0 Å². The molecule has 0 unspecified atom stereocenters. The van der Waals surface area contributed by atoms with Crippen LogP contribution < -0.4 is 5.43 Å². The van der Waals surface area contributed by atoms with E-state index in [1.165, 1.54) is 7.11 Å². The van der Waals surface area contributed by atoms with Crippen LogP contribution in [-0.2, 0) is 21.8 Å². The average Bonchev–Trinajstić information content (AvgIpc) is 2.27. The van der Waals surface area contributed by atoms with Crippen LogP contribution in [-0.4, -0.2) is 18.1 Å². The Labute approximate surface area is 101 Å². The van der Waals surface area contributed by atoms with Crippen molar-refractivity contribution in [1.82, 2.24) is 4.98 Å². The number of esters is 1. The fraction of sp³-hybridized carbons (Fsp3) is 0.400. The van der Waals surface area contributed by atoms with Gasteiger partial charge in [-0.3, -0.25) is 9.59 Å². The molecule has 0 aliphatic heterocycles. The molecule has 1 N–H and O–H groups in total. The van der Waals surface area contributed by atoms with Gasteiger partial charge in [0.15, 0.2) is 5.43 Å². The van der Waals surface area contributed by atoms with Crippen molar-refractivity contribution in [2.24, 2.45) is 0 Å². The number of aromatic nitrogens is 1. The molecule has 4 nitrogen and oxygen atoms in total. The zero-order valence-corrected chi connectivity index (χ0v) is 9.68. The van der Waals surface area contributed by atoms with Crippen molar-refractivity contribution in [1.29, 1.82) is 0 Å². The first-order valence-electron chi connectivity index (χ1n) is 4.65. The third kappa shape index (κ3) is 3.26. The minimum Gasteiger partial charge on any atom is -0.469 e. The Bertz CT molecular complexity index is 473. The van der Waals surface area contributed by atoms with Gasteiger partial charge in [-0.1, -0.05) is 0 Å². The van der Waals surface area contributed by atoms with Crippen LogP contribution in [0.2, 0.25) is 0 Å². The summed E-state index contributed by atoms with van der Waals surface area (Å²) >= 11 is 5.47. The van der Waals surface area contributed by atoms with Crippen molar-refractivity contribution in [3.05, 3.63) is 33.2 Å². The lowest BCUT2D eigenvalue weighted by atomic mass is 10.1. The van der Waals surface area contributed by atoms with Crippen LogP contribution in [0, 0.1) is 0 Å². The van der Waals surface area contributed by atoms with E-state index in [1.54, 1.807) is 0 Å². The number of ether oxygens (including phenoxy) is 1. The second-order valence-electron chi connectivity index (χ2n) is 3.24. The fourth-order valence-corrected chi connectivity index (χ4v) is 1.56. The molecular weight excluding hydrogens is 256 g/mol. The summed E-state index contributed by atoms with van der Waals surface area (Å²) < 4.78 is 29.5. The molecule has 0 amide bonds. The van der Waals surface area contributed by atoms with Gasteiger partial charge >= 0.3 is 5.97 Å². The number of hydrogen-bond acceptors (Lipinski definition) is 3. The molecule has 0 fully saturated rings. The third-order valence-corrected chi connectivity index (χ3v) is 2.39. The number of nitrogens with one attached hydrogen (secondary N) is 1. The van der Waals surface area contributed by atoms with E-state index >= 15 is 0 Å². The first-order valence-corrected chi connectivity index (χ1v) is 5.19. The van der Waals surface area contributed by atoms with E-state index in [0.29, 0.717) is 0 Å². The molecule has 1 aromatic rings. The summed E-state index contributed by atoms with van der Waals surface area (Å²) in [5.74, 6) is -0.838. The minimum absolute atomic E-state index is 0.0759. The number of halogens is 3. The Morgan fingerprint density at radius 3 is 2.71 bits per heavy atom. The van der Waals surface area contributed by atoms with E-state index in [-0.39, 0.29) is 23.7 Å². The van der Waals surface area contributed by atoms with Gasteiger partial charge in [0.05, 0.1) is 25.0 Å². The molecule has 0 spiro atoms. The Hall–Kier alpha value is -1.43. The smallest absolute Gasteiger partial charge is 0.311 e. The molecule has 1 rings (SSSR count). The number of rotatable bonds is 4. The average molecular weight is 266 g/mol. The van der Waals surface area contributed by atoms with Crippen LogP contribution >= 0.6 is 11.6 Å². The third-order valence-electron chi connectivity index (χ3n) is 2.12. The summed E-state index contributed by atoms with van der Waals surface area (Å²) in [7, 11) is 1.19. The molecule has 7 heteroatoms. The van der Waals surface area contributed by atoms with Crippen LogP contribution in [0.15, 0.2) is 10.9 Å². The zero-order chi connectivity index (χ0) is 13.0. The SMILES string of the molecule is COC(=O)Cc1cc(=O)c(C(F)F)c(CCl)[nH]1. The van der Waals surface area contributed by atoms with Crippen molar-refractivity contribution >= 4 is 17.6 Å². The Balaban J connectivity index is 3.18. The second-order valence-corrected chi connectivity index (χ2v) is 3.51. The van der Waals surface area contributed by atoms with E-state index < -0.39 is 23.4 Å². The van der Waals surface area contributed by atoms with Gasteiger partial charge in [-0.15, -0.1) is 11.6 Å². The minimum atomic E-state index is -2.90. The molecule has 17 heavy (non-hydrogen) atoms. The predicted molar refractivity (Wildman–Crippen MR) is 57.3 cm³/mol. The summed E-state index contributed by atoms with van der Waals surface area (Å²) in [5, 5.41) is 0. The predicted octanol–water partition coefficient (Wildman–Crippen LogP) is 1.77. The summed E-state index contributed by atoms with van der Waals surface area (Å²) in [4.78, 5) is 24.9. The zero-order valence-electron chi connectivity index (χ0n) is 8.93. The molecule has 0 saturated heterocycles. The van der Waals surface area contributed by atoms with Gasteiger partial charge < -0.3 is 9.72 Å². The van der Waals surface area contributed by atoms with Crippen molar-refractivity contribution < 1.29 is 18.3 Å². The summed E-state index contributed by atoms with van der Waals surface area (Å²) in [6.07, 6.45) is -3.10. The Morgan fingerprint density at radius 1 is 1.59 bits per heavy atom. The summed E-state index contributed by atoms with van der Waals surface area (Å²) in [6.45, 7) is 0. The lowest BCUT2D eigenvalue weighted by Gasteiger charge is -2.08. The number of aromatic amines is 1.